The number of ether oxygens (including phenoxy) is 1. The van der Waals surface area contributed by atoms with E-state index in [0.717, 1.165) is 42.1 Å². The molecule has 0 saturated carbocycles. The minimum atomic E-state index is -0.485. The highest BCUT2D eigenvalue weighted by Gasteiger charge is 2.20. The second kappa shape index (κ2) is 9.62. The number of hydrogen-bond donors (Lipinski definition) is 2. The minimum Gasteiger partial charge on any atom is -0.464 e. The lowest BCUT2D eigenvalue weighted by molar-refractivity contribution is -0.106. The van der Waals surface area contributed by atoms with Gasteiger partial charge in [0.1, 0.15) is 5.69 Å². The molecular formula is C17H21N5O4S. The second-order valence-electron chi connectivity index (χ2n) is 5.62. The molecule has 3 heterocycles. The van der Waals surface area contributed by atoms with Crippen LogP contribution >= 0.6 is 11.3 Å². The van der Waals surface area contributed by atoms with Gasteiger partial charge in [0, 0.05) is 19.3 Å². The molecule has 0 atom stereocenters. The zero-order valence-corrected chi connectivity index (χ0v) is 15.9. The molecule has 10 heteroatoms. The first-order chi connectivity index (χ1) is 13.0. The Bertz CT molecular complexity index is 817. The maximum atomic E-state index is 12.2. The van der Waals surface area contributed by atoms with Gasteiger partial charge in [-0.25, -0.2) is 19.6 Å². The summed E-state index contributed by atoms with van der Waals surface area (Å²) in [6, 6.07) is 3.36. The van der Waals surface area contributed by atoms with Gasteiger partial charge in [-0.3, -0.25) is 10.1 Å². The number of nitrogens with zero attached hydrogens (tertiary/aromatic N) is 3. The number of rotatable bonds is 3. The van der Waals surface area contributed by atoms with E-state index in [1.807, 2.05) is 6.92 Å². The van der Waals surface area contributed by atoms with Gasteiger partial charge < -0.3 is 15.4 Å². The SMILES string of the molecule is COC(=O)c1cc(-c2sc(NC(=O)N3CCCC3)nc2C)ccn1.NC=O. The molecule has 1 saturated heterocycles. The largest absolute Gasteiger partial charge is 0.464 e. The number of amides is 3. The second-order valence-corrected chi connectivity index (χ2v) is 6.61. The molecule has 2 aromatic heterocycles. The fraction of sp³-hybridized carbons (Fsp3) is 0.353. The third-order valence-electron chi connectivity index (χ3n) is 3.82. The Morgan fingerprint density at radius 2 is 2.04 bits per heavy atom. The molecule has 1 aliphatic rings. The molecule has 3 rings (SSSR count). The van der Waals surface area contributed by atoms with Crippen LogP contribution in [-0.4, -0.2) is 53.5 Å². The standard InChI is InChI=1S/C16H18N4O3S.CH3NO/c1-10-13(11-5-6-17-12(9-11)14(21)23-2)24-15(18-10)19-16(22)20-7-3-4-8-20;2-1-3/h5-6,9H,3-4,7-8H2,1-2H3,(H,18,19,22);1H,(H2,2,3). The van der Waals surface area contributed by atoms with E-state index in [4.69, 9.17) is 9.53 Å². The van der Waals surface area contributed by atoms with Crippen LogP contribution < -0.4 is 11.1 Å². The van der Waals surface area contributed by atoms with Crippen LogP contribution in [0.5, 0.6) is 0 Å². The van der Waals surface area contributed by atoms with Crippen molar-refractivity contribution in [1.29, 1.82) is 0 Å². The molecule has 3 amide bonds. The number of urea groups is 1. The molecule has 144 valence electrons. The van der Waals surface area contributed by atoms with Crippen LogP contribution in [0.2, 0.25) is 0 Å². The van der Waals surface area contributed by atoms with Crippen LogP contribution in [0.4, 0.5) is 9.93 Å². The predicted octanol–water partition coefficient (Wildman–Crippen LogP) is 2.03. The molecule has 0 bridgehead atoms. The minimum absolute atomic E-state index is 0.113. The summed E-state index contributed by atoms with van der Waals surface area (Å²) in [4.78, 5) is 43.5. The fourth-order valence-electron chi connectivity index (χ4n) is 2.60. The fourth-order valence-corrected chi connectivity index (χ4v) is 3.55. The summed E-state index contributed by atoms with van der Waals surface area (Å²) < 4.78 is 4.70. The maximum absolute atomic E-state index is 12.2. The molecule has 1 aliphatic heterocycles. The van der Waals surface area contributed by atoms with Crippen molar-refractivity contribution in [3.05, 3.63) is 29.7 Å². The Kier molecular flexibility index (Phi) is 7.24. The summed E-state index contributed by atoms with van der Waals surface area (Å²) in [5.74, 6) is -0.485. The molecule has 0 aromatic carbocycles. The average molecular weight is 391 g/mol. The van der Waals surface area contributed by atoms with E-state index in [1.54, 1.807) is 23.2 Å². The number of thiazole rings is 1. The molecule has 3 N–H and O–H groups in total. The zero-order chi connectivity index (χ0) is 19.8. The van der Waals surface area contributed by atoms with Crippen LogP contribution in [0.3, 0.4) is 0 Å². The molecule has 0 aliphatic carbocycles. The van der Waals surface area contributed by atoms with Gasteiger partial charge in [0.15, 0.2) is 5.13 Å². The number of carbonyl (C=O) groups is 3. The Morgan fingerprint density at radius 1 is 1.37 bits per heavy atom. The Balaban J connectivity index is 0.000000817. The number of esters is 1. The number of nitrogens with one attached hydrogen (secondary N) is 1. The first kappa shape index (κ1) is 20.3. The first-order valence-electron chi connectivity index (χ1n) is 8.23. The number of nitrogens with two attached hydrogens (primary N) is 1. The van der Waals surface area contributed by atoms with E-state index in [0.29, 0.717) is 5.13 Å². The molecule has 1 fully saturated rings. The molecule has 27 heavy (non-hydrogen) atoms. The van der Waals surface area contributed by atoms with E-state index in [1.165, 1.54) is 18.4 Å². The summed E-state index contributed by atoms with van der Waals surface area (Å²) in [7, 11) is 1.32. The Labute approximate surface area is 160 Å². The topological polar surface area (TPSA) is 128 Å². The van der Waals surface area contributed by atoms with Crippen molar-refractivity contribution in [2.45, 2.75) is 19.8 Å². The van der Waals surface area contributed by atoms with Crippen LogP contribution in [0.1, 0.15) is 29.0 Å². The summed E-state index contributed by atoms with van der Waals surface area (Å²) in [5.41, 5.74) is 6.02. The van der Waals surface area contributed by atoms with Crippen molar-refractivity contribution in [1.82, 2.24) is 14.9 Å². The van der Waals surface area contributed by atoms with Crippen molar-refractivity contribution >= 4 is 34.9 Å². The molecular weight excluding hydrogens is 370 g/mol. The van der Waals surface area contributed by atoms with Crippen LogP contribution in [0.25, 0.3) is 10.4 Å². The van der Waals surface area contributed by atoms with Crippen molar-refractivity contribution in [3.63, 3.8) is 0 Å². The Morgan fingerprint density at radius 3 is 2.67 bits per heavy atom. The van der Waals surface area contributed by atoms with Crippen LogP contribution in [-0.2, 0) is 9.53 Å². The van der Waals surface area contributed by atoms with E-state index in [2.05, 4.69) is 21.0 Å². The number of carbonyl (C=O) groups excluding carboxylic acids is 3. The highest BCUT2D eigenvalue weighted by Crippen LogP contribution is 2.33. The number of hydrogen-bond acceptors (Lipinski definition) is 7. The lowest BCUT2D eigenvalue weighted by Crippen LogP contribution is -2.32. The molecule has 2 aromatic rings. The zero-order valence-electron chi connectivity index (χ0n) is 15.1. The van der Waals surface area contributed by atoms with Gasteiger partial charge in [-0.05, 0) is 37.5 Å². The lowest BCUT2D eigenvalue weighted by Gasteiger charge is -2.14. The molecule has 9 nitrogen and oxygen atoms in total. The number of pyridine rings is 1. The normalized spacial score (nSPS) is 12.7. The maximum Gasteiger partial charge on any atom is 0.356 e. The first-order valence-corrected chi connectivity index (χ1v) is 9.05. The van der Waals surface area contributed by atoms with Crippen LogP contribution in [0.15, 0.2) is 18.3 Å². The highest BCUT2D eigenvalue weighted by atomic mass is 32.1. The van der Waals surface area contributed by atoms with Gasteiger partial charge in [-0.15, -0.1) is 0 Å². The lowest BCUT2D eigenvalue weighted by atomic mass is 10.2. The van der Waals surface area contributed by atoms with Gasteiger partial charge in [0.25, 0.3) is 0 Å². The average Bonchev–Trinajstić information content (AvgIpc) is 3.32. The predicted molar refractivity (Wildman–Crippen MR) is 101 cm³/mol. The third-order valence-corrected chi connectivity index (χ3v) is 4.94. The van der Waals surface area contributed by atoms with E-state index in [-0.39, 0.29) is 18.1 Å². The van der Waals surface area contributed by atoms with Gasteiger partial charge >= 0.3 is 12.0 Å². The van der Waals surface area contributed by atoms with Crippen molar-refractivity contribution in [3.8, 4) is 10.4 Å². The summed E-state index contributed by atoms with van der Waals surface area (Å²) in [6.45, 7) is 3.45. The van der Waals surface area contributed by atoms with Crippen molar-refractivity contribution < 1.29 is 19.1 Å². The number of aryl methyl sites for hydroxylation is 1. The number of methoxy groups -OCH3 is 1. The third kappa shape index (κ3) is 5.23. The molecule has 0 radical (unpaired) electrons. The van der Waals surface area contributed by atoms with Gasteiger partial charge in [-0.1, -0.05) is 11.3 Å². The van der Waals surface area contributed by atoms with Crippen molar-refractivity contribution in [2.75, 3.05) is 25.5 Å². The van der Waals surface area contributed by atoms with Crippen molar-refractivity contribution in [2.24, 2.45) is 5.73 Å². The van der Waals surface area contributed by atoms with E-state index < -0.39 is 5.97 Å². The van der Waals surface area contributed by atoms with Crippen LogP contribution in [0, 0.1) is 6.92 Å². The quantitative estimate of drug-likeness (QED) is 0.609. The van der Waals surface area contributed by atoms with Gasteiger partial charge in [0.2, 0.25) is 6.41 Å². The Hall–Kier alpha value is -3.01. The summed E-state index contributed by atoms with van der Waals surface area (Å²) in [6.07, 6.45) is 3.90. The number of primary amides is 1. The van der Waals surface area contributed by atoms with E-state index in [9.17, 15) is 9.59 Å². The number of anilines is 1. The molecule has 0 spiro atoms. The summed E-state index contributed by atoms with van der Waals surface area (Å²) in [5, 5.41) is 3.40. The van der Waals surface area contributed by atoms with Gasteiger partial charge in [-0.2, -0.15) is 0 Å². The highest BCUT2D eigenvalue weighted by molar-refractivity contribution is 7.19. The monoisotopic (exact) mass is 391 g/mol. The van der Waals surface area contributed by atoms with E-state index >= 15 is 0 Å². The number of aromatic nitrogens is 2. The summed E-state index contributed by atoms with van der Waals surface area (Å²) >= 11 is 1.38. The smallest absolute Gasteiger partial charge is 0.356 e. The number of likely N-dealkylation sites (tertiary alicyclic amines) is 1. The molecule has 0 unspecified atom stereocenters. The van der Waals surface area contributed by atoms with Gasteiger partial charge in [0.05, 0.1) is 17.7 Å².